The maximum atomic E-state index is 2.28. The predicted octanol–water partition coefficient (Wildman–Crippen LogP) is 3.35. The average molecular weight is 125 g/mol. The zero-order chi connectivity index (χ0) is 7.28. The van der Waals surface area contributed by atoms with Crippen LogP contribution in [-0.2, 0) is 0 Å². The summed E-state index contributed by atoms with van der Waals surface area (Å²) in [4.78, 5) is 0. The largest absolute Gasteiger partial charge is 0.0853 e. The molecule has 9 heavy (non-hydrogen) atoms. The molecule has 0 unspecified atom stereocenters. The first-order chi connectivity index (χ1) is 4.16. The van der Waals surface area contributed by atoms with E-state index in [2.05, 4.69) is 33.8 Å². The Bertz CT molecular complexity index is 86.2. The van der Waals surface area contributed by atoms with Crippen LogP contribution in [0.2, 0.25) is 0 Å². The summed E-state index contributed by atoms with van der Waals surface area (Å²) in [7, 11) is 0. The van der Waals surface area contributed by atoms with Gasteiger partial charge in [0.05, 0.1) is 0 Å². The molecule has 0 atom stereocenters. The second-order valence-electron chi connectivity index (χ2n) is 2.80. The Morgan fingerprint density at radius 1 is 1.22 bits per heavy atom. The van der Waals surface area contributed by atoms with Crippen LogP contribution in [0.4, 0.5) is 0 Å². The SMILES string of the molecule is CC[C](C)CC=C(C)C. The van der Waals surface area contributed by atoms with Gasteiger partial charge in [-0.25, -0.2) is 0 Å². The minimum absolute atomic E-state index is 1.17. The molecular formula is C9H17. The molecule has 0 heterocycles. The Balaban J connectivity index is 3.37. The van der Waals surface area contributed by atoms with E-state index in [4.69, 9.17) is 0 Å². The summed E-state index contributed by atoms with van der Waals surface area (Å²) in [5, 5.41) is 0. The van der Waals surface area contributed by atoms with E-state index in [0.29, 0.717) is 0 Å². The van der Waals surface area contributed by atoms with E-state index in [9.17, 15) is 0 Å². The van der Waals surface area contributed by atoms with E-state index in [-0.39, 0.29) is 0 Å². The van der Waals surface area contributed by atoms with E-state index in [0.717, 1.165) is 0 Å². The molecule has 0 aromatic carbocycles. The number of allylic oxidation sites excluding steroid dienone is 2. The van der Waals surface area contributed by atoms with Crippen LogP contribution in [0.3, 0.4) is 0 Å². The molecule has 0 aliphatic rings. The van der Waals surface area contributed by atoms with Gasteiger partial charge in [0.1, 0.15) is 0 Å². The summed E-state index contributed by atoms with van der Waals surface area (Å²) in [6.45, 7) is 8.69. The Kier molecular flexibility index (Phi) is 4.47. The Morgan fingerprint density at radius 3 is 2.11 bits per heavy atom. The van der Waals surface area contributed by atoms with Crippen molar-refractivity contribution < 1.29 is 0 Å². The minimum atomic E-state index is 1.17. The molecule has 0 spiro atoms. The minimum Gasteiger partial charge on any atom is -0.0853 e. The summed E-state index contributed by atoms with van der Waals surface area (Å²) in [6.07, 6.45) is 4.65. The van der Waals surface area contributed by atoms with Crippen molar-refractivity contribution in [3.8, 4) is 0 Å². The predicted molar refractivity (Wildman–Crippen MR) is 43.3 cm³/mol. The standard InChI is InChI=1S/C9H17/c1-5-9(4)7-6-8(2)3/h6H,5,7H2,1-4H3. The first kappa shape index (κ1) is 8.74. The van der Waals surface area contributed by atoms with Crippen molar-refractivity contribution in [3.05, 3.63) is 17.6 Å². The normalized spacial score (nSPS) is 9.89. The maximum Gasteiger partial charge on any atom is -0.0237 e. The van der Waals surface area contributed by atoms with Gasteiger partial charge in [0.25, 0.3) is 0 Å². The Labute approximate surface area is 59.0 Å². The first-order valence-electron chi connectivity index (χ1n) is 3.61. The molecule has 0 aliphatic heterocycles. The molecule has 0 aromatic heterocycles. The van der Waals surface area contributed by atoms with Crippen molar-refractivity contribution in [2.45, 2.75) is 40.5 Å². The smallest absolute Gasteiger partial charge is 0.0237 e. The topological polar surface area (TPSA) is 0 Å². The second kappa shape index (κ2) is 4.60. The van der Waals surface area contributed by atoms with Crippen LogP contribution in [0.15, 0.2) is 11.6 Å². The molecule has 0 N–H and O–H groups in total. The molecule has 0 saturated carbocycles. The van der Waals surface area contributed by atoms with Crippen molar-refractivity contribution in [2.75, 3.05) is 0 Å². The van der Waals surface area contributed by atoms with Crippen molar-refractivity contribution in [1.29, 1.82) is 0 Å². The van der Waals surface area contributed by atoms with Crippen LogP contribution in [0, 0.1) is 5.92 Å². The third-order valence-electron chi connectivity index (χ3n) is 1.46. The van der Waals surface area contributed by atoms with E-state index in [1.807, 2.05) is 0 Å². The van der Waals surface area contributed by atoms with Crippen LogP contribution in [0.5, 0.6) is 0 Å². The molecule has 1 radical (unpaired) electrons. The molecule has 0 rings (SSSR count). The van der Waals surface area contributed by atoms with Crippen LogP contribution < -0.4 is 0 Å². The molecule has 0 fully saturated rings. The quantitative estimate of drug-likeness (QED) is 0.507. The van der Waals surface area contributed by atoms with Gasteiger partial charge in [-0.2, -0.15) is 0 Å². The summed E-state index contributed by atoms with van der Waals surface area (Å²) >= 11 is 0. The van der Waals surface area contributed by atoms with Crippen molar-refractivity contribution in [1.82, 2.24) is 0 Å². The Morgan fingerprint density at radius 2 is 1.78 bits per heavy atom. The van der Waals surface area contributed by atoms with Crippen molar-refractivity contribution >= 4 is 0 Å². The zero-order valence-electron chi connectivity index (χ0n) is 6.99. The highest BCUT2D eigenvalue weighted by Crippen LogP contribution is 2.10. The fourth-order valence-electron chi connectivity index (χ4n) is 0.523. The monoisotopic (exact) mass is 125 g/mol. The van der Waals surface area contributed by atoms with Gasteiger partial charge in [0, 0.05) is 0 Å². The molecule has 0 aliphatic carbocycles. The van der Waals surface area contributed by atoms with Gasteiger partial charge in [-0.05, 0) is 32.6 Å². The third kappa shape index (κ3) is 5.61. The van der Waals surface area contributed by atoms with Crippen molar-refractivity contribution in [2.24, 2.45) is 0 Å². The second-order valence-corrected chi connectivity index (χ2v) is 2.80. The summed E-state index contributed by atoms with van der Waals surface area (Å²) < 4.78 is 0. The first-order valence-corrected chi connectivity index (χ1v) is 3.61. The molecular weight excluding hydrogens is 108 g/mol. The van der Waals surface area contributed by atoms with Gasteiger partial charge in [0.15, 0.2) is 0 Å². The highest BCUT2D eigenvalue weighted by Gasteiger charge is 1.93. The molecule has 0 aromatic rings. The lowest BCUT2D eigenvalue weighted by molar-refractivity contribution is 0.855. The van der Waals surface area contributed by atoms with Gasteiger partial charge in [-0.15, -0.1) is 0 Å². The molecule has 53 valence electrons. The van der Waals surface area contributed by atoms with Crippen LogP contribution in [-0.4, -0.2) is 0 Å². The third-order valence-corrected chi connectivity index (χ3v) is 1.46. The van der Waals surface area contributed by atoms with E-state index >= 15 is 0 Å². The van der Waals surface area contributed by atoms with Gasteiger partial charge in [-0.1, -0.05) is 25.5 Å². The van der Waals surface area contributed by atoms with Gasteiger partial charge in [-0.3, -0.25) is 0 Å². The zero-order valence-corrected chi connectivity index (χ0v) is 6.99. The lowest BCUT2D eigenvalue weighted by Crippen LogP contribution is -1.85. The highest BCUT2D eigenvalue weighted by molar-refractivity contribution is 5.00. The van der Waals surface area contributed by atoms with Gasteiger partial charge < -0.3 is 0 Å². The van der Waals surface area contributed by atoms with E-state index in [1.54, 1.807) is 5.92 Å². The van der Waals surface area contributed by atoms with Gasteiger partial charge in [0.2, 0.25) is 0 Å². The van der Waals surface area contributed by atoms with Gasteiger partial charge >= 0.3 is 0 Å². The van der Waals surface area contributed by atoms with Crippen LogP contribution in [0.25, 0.3) is 0 Å². The number of hydrogen-bond acceptors (Lipinski definition) is 0. The summed E-state index contributed by atoms with van der Waals surface area (Å²) in [5.41, 5.74) is 1.42. The Hall–Kier alpha value is -0.260. The number of hydrogen-bond donors (Lipinski definition) is 0. The summed E-state index contributed by atoms with van der Waals surface area (Å²) in [5.74, 6) is 1.57. The lowest BCUT2D eigenvalue weighted by Gasteiger charge is -2.01. The van der Waals surface area contributed by atoms with Crippen LogP contribution >= 0.6 is 0 Å². The molecule has 0 heteroatoms. The molecule has 0 amide bonds. The fraction of sp³-hybridized carbons (Fsp3) is 0.667. The van der Waals surface area contributed by atoms with E-state index in [1.165, 1.54) is 18.4 Å². The molecule has 0 saturated heterocycles. The van der Waals surface area contributed by atoms with Crippen molar-refractivity contribution in [3.63, 3.8) is 0 Å². The lowest BCUT2D eigenvalue weighted by atomic mass is 10.0. The average Bonchev–Trinajstić information content (AvgIpc) is 1.83. The highest BCUT2D eigenvalue weighted by atomic mass is 14.0. The van der Waals surface area contributed by atoms with E-state index < -0.39 is 0 Å². The fourth-order valence-corrected chi connectivity index (χ4v) is 0.523. The van der Waals surface area contributed by atoms with Crippen LogP contribution in [0.1, 0.15) is 40.5 Å². The number of rotatable bonds is 3. The summed E-state index contributed by atoms with van der Waals surface area (Å²) in [6, 6.07) is 0. The molecule has 0 bridgehead atoms. The maximum absolute atomic E-state index is 2.28. The molecule has 0 nitrogen and oxygen atoms in total.